The summed E-state index contributed by atoms with van der Waals surface area (Å²) in [7, 11) is 0. The molecule has 1 aliphatic carbocycles. The minimum atomic E-state index is 0.307. The van der Waals surface area contributed by atoms with Crippen molar-refractivity contribution in [3.05, 3.63) is 11.4 Å². The molecule has 0 saturated heterocycles. The van der Waals surface area contributed by atoms with E-state index < -0.39 is 0 Å². The maximum absolute atomic E-state index is 6.02. The van der Waals surface area contributed by atoms with Crippen molar-refractivity contribution in [1.82, 2.24) is 9.97 Å². The zero-order valence-electron chi connectivity index (χ0n) is 11.4. The number of anilines is 1. The number of ether oxygens (including phenoxy) is 1. The van der Waals surface area contributed by atoms with Gasteiger partial charge in [0.05, 0.1) is 5.56 Å². The smallest absolute Gasteiger partial charge is 0.222 e. The van der Waals surface area contributed by atoms with Crippen molar-refractivity contribution < 1.29 is 4.74 Å². The Kier molecular flexibility index (Phi) is 4.39. The van der Waals surface area contributed by atoms with Gasteiger partial charge < -0.3 is 10.5 Å². The molecule has 1 fully saturated rings. The van der Waals surface area contributed by atoms with Crippen molar-refractivity contribution in [2.45, 2.75) is 64.9 Å². The van der Waals surface area contributed by atoms with Crippen LogP contribution in [0.3, 0.4) is 0 Å². The number of hydrogen-bond donors (Lipinski definition) is 1. The van der Waals surface area contributed by atoms with Gasteiger partial charge in [0.1, 0.15) is 17.7 Å². The highest BCUT2D eigenvalue weighted by Crippen LogP contribution is 2.26. The van der Waals surface area contributed by atoms with Gasteiger partial charge in [-0.25, -0.2) is 4.98 Å². The summed E-state index contributed by atoms with van der Waals surface area (Å²) in [5.74, 6) is 2.04. The zero-order valence-corrected chi connectivity index (χ0v) is 11.4. The SMILES string of the molecule is CCCc1nc(N)c(C)c(OC2CCCCC2)n1. The molecule has 1 heterocycles. The summed E-state index contributed by atoms with van der Waals surface area (Å²) in [6.45, 7) is 4.05. The molecule has 2 N–H and O–H groups in total. The van der Waals surface area contributed by atoms with E-state index in [0.717, 1.165) is 37.1 Å². The third-order valence-corrected chi connectivity index (χ3v) is 3.49. The molecule has 0 radical (unpaired) electrons. The number of nitrogen functional groups attached to an aromatic ring is 1. The highest BCUT2D eigenvalue weighted by atomic mass is 16.5. The molecular formula is C14H23N3O. The second-order valence-corrected chi connectivity index (χ2v) is 5.08. The molecule has 1 aliphatic rings. The monoisotopic (exact) mass is 249 g/mol. The highest BCUT2D eigenvalue weighted by molar-refractivity contribution is 5.44. The maximum atomic E-state index is 6.02. The fourth-order valence-electron chi connectivity index (χ4n) is 2.35. The number of nitrogens with zero attached hydrogens (tertiary/aromatic N) is 2. The van der Waals surface area contributed by atoms with Crippen LogP contribution in [0.2, 0.25) is 0 Å². The lowest BCUT2D eigenvalue weighted by Crippen LogP contribution is -2.21. The van der Waals surface area contributed by atoms with Crippen LogP contribution in [0.4, 0.5) is 5.82 Å². The molecule has 0 aromatic carbocycles. The molecule has 0 aliphatic heterocycles. The molecule has 0 bridgehead atoms. The lowest BCUT2D eigenvalue weighted by atomic mass is 9.98. The van der Waals surface area contributed by atoms with E-state index in [9.17, 15) is 0 Å². The highest BCUT2D eigenvalue weighted by Gasteiger charge is 2.18. The Morgan fingerprint density at radius 1 is 1.22 bits per heavy atom. The van der Waals surface area contributed by atoms with Crippen molar-refractivity contribution in [2.24, 2.45) is 0 Å². The molecule has 0 unspecified atom stereocenters. The molecule has 4 heteroatoms. The first-order chi connectivity index (χ1) is 8.70. The van der Waals surface area contributed by atoms with Gasteiger partial charge in [0, 0.05) is 6.42 Å². The third-order valence-electron chi connectivity index (χ3n) is 3.49. The Morgan fingerprint density at radius 2 is 1.94 bits per heavy atom. The molecule has 18 heavy (non-hydrogen) atoms. The fourth-order valence-corrected chi connectivity index (χ4v) is 2.35. The molecular weight excluding hydrogens is 226 g/mol. The van der Waals surface area contributed by atoms with E-state index in [1.807, 2.05) is 6.92 Å². The molecule has 100 valence electrons. The summed E-state index contributed by atoms with van der Waals surface area (Å²) >= 11 is 0. The van der Waals surface area contributed by atoms with Gasteiger partial charge in [-0.05, 0) is 39.0 Å². The number of hydrogen-bond acceptors (Lipinski definition) is 4. The van der Waals surface area contributed by atoms with Crippen molar-refractivity contribution in [3.63, 3.8) is 0 Å². The van der Waals surface area contributed by atoms with Crippen LogP contribution >= 0.6 is 0 Å². The Hall–Kier alpha value is -1.32. The van der Waals surface area contributed by atoms with Crippen LogP contribution in [0.15, 0.2) is 0 Å². The number of aryl methyl sites for hydroxylation is 1. The van der Waals surface area contributed by atoms with Crippen LogP contribution in [-0.4, -0.2) is 16.1 Å². The molecule has 0 amide bonds. The number of rotatable bonds is 4. The van der Waals surface area contributed by atoms with Crippen molar-refractivity contribution >= 4 is 5.82 Å². The van der Waals surface area contributed by atoms with Crippen LogP contribution < -0.4 is 10.5 Å². The van der Waals surface area contributed by atoms with E-state index in [4.69, 9.17) is 10.5 Å². The summed E-state index contributed by atoms with van der Waals surface area (Å²) in [5.41, 5.74) is 6.80. The van der Waals surface area contributed by atoms with Gasteiger partial charge in [-0.15, -0.1) is 0 Å². The predicted octanol–water partition coefficient (Wildman–Crippen LogP) is 3.03. The van der Waals surface area contributed by atoms with E-state index in [0.29, 0.717) is 17.8 Å². The lowest BCUT2D eigenvalue weighted by Gasteiger charge is -2.23. The zero-order chi connectivity index (χ0) is 13.0. The molecule has 0 spiro atoms. The summed E-state index contributed by atoms with van der Waals surface area (Å²) in [4.78, 5) is 8.81. The van der Waals surface area contributed by atoms with Gasteiger partial charge in [0.2, 0.25) is 5.88 Å². The average molecular weight is 249 g/mol. The van der Waals surface area contributed by atoms with Crippen LogP contribution in [0, 0.1) is 6.92 Å². The topological polar surface area (TPSA) is 61.0 Å². The Labute approximate surface area is 109 Å². The van der Waals surface area contributed by atoms with Gasteiger partial charge in [-0.2, -0.15) is 4.98 Å². The molecule has 1 aromatic heterocycles. The molecule has 2 rings (SSSR count). The van der Waals surface area contributed by atoms with Crippen LogP contribution in [0.1, 0.15) is 56.8 Å². The molecule has 1 aromatic rings. The minimum Gasteiger partial charge on any atom is -0.474 e. The lowest BCUT2D eigenvalue weighted by molar-refractivity contribution is 0.147. The third kappa shape index (κ3) is 3.12. The average Bonchev–Trinajstić information content (AvgIpc) is 2.37. The minimum absolute atomic E-state index is 0.307. The first-order valence-electron chi connectivity index (χ1n) is 7.00. The summed E-state index contributed by atoms with van der Waals surface area (Å²) in [6, 6.07) is 0. The van der Waals surface area contributed by atoms with E-state index in [1.54, 1.807) is 0 Å². The number of aromatic nitrogens is 2. The Bertz CT molecular complexity index is 400. The first kappa shape index (κ1) is 13.1. The van der Waals surface area contributed by atoms with E-state index >= 15 is 0 Å². The van der Waals surface area contributed by atoms with Crippen molar-refractivity contribution in [2.75, 3.05) is 5.73 Å². The predicted molar refractivity (Wildman–Crippen MR) is 72.7 cm³/mol. The first-order valence-corrected chi connectivity index (χ1v) is 7.00. The van der Waals surface area contributed by atoms with E-state index in [-0.39, 0.29) is 0 Å². The molecule has 0 atom stereocenters. The van der Waals surface area contributed by atoms with Crippen molar-refractivity contribution in [3.8, 4) is 5.88 Å². The van der Waals surface area contributed by atoms with Gasteiger partial charge in [0.15, 0.2) is 0 Å². The number of nitrogens with two attached hydrogens (primary N) is 1. The maximum Gasteiger partial charge on any atom is 0.222 e. The normalized spacial score (nSPS) is 16.8. The molecule has 4 nitrogen and oxygen atoms in total. The van der Waals surface area contributed by atoms with E-state index in [2.05, 4.69) is 16.9 Å². The fraction of sp³-hybridized carbons (Fsp3) is 0.714. The van der Waals surface area contributed by atoms with Gasteiger partial charge in [-0.1, -0.05) is 13.3 Å². The summed E-state index contributed by atoms with van der Waals surface area (Å²) < 4.78 is 6.02. The summed E-state index contributed by atoms with van der Waals surface area (Å²) in [5, 5.41) is 0. The Balaban J connectivity index is 2.14. The summed E-state index contributed by atoms with van der Waals surface area (Å²) in [6.07, 6.45) is 8.28. The van der Waals surface area contributed by atoms with Crippen molar-refractivity contribution in [1.29, 1.82) is 0 Å². The van der Waals surface area contributed by atoms with Crippen LogP contribution in [-0.2, 0) is 6.42 Å². The van der Waals surface area contributed by atoms with Crippen LogP contribution in [0.5, 0.6) is 5.88 Å². The van der Waals surface area contributed by atoms with E-state index in [1.165, 1.54) is 19.3 Å². The standard InChI is InChI=1S/C14H23N3O/c1-3-7-12-16-13(15)10(2)14(17-12)18-11-8-5-4-6-9-11/h11H,3-9H2,1-2H3,(H2,15,16,17). The van der Waals surface area contributed by atoms with Gasteiger partial charge >= 0.3 is 0 Å². The second kappa shape index (κ2) is 6.03. The second-order valence-electron chi connectivity index (χ2n) is 5.08. The van der Waals surface area contributed by atoms with Gasteiger partial charge in [0.25, 0.3) is 0 Å². The largest absolute Gasteiger partial charge is 0.474 e. The Morgan fingerprint density at radius 3 is 2.61 bits per heavy atom. The van der Waals surface area contributed by atoms with Crippen LogP contribution in [0.25, 0.3) is 0 Å². The molecule has 1 saturated carbocycles. The van der Waals surface area contributed by atoms with Gasteiger partial charge in [-0.3, -0.25) is 0 Å². The quantitative estimate of drug-likeness (QED) is 0.891.